The first-order valence-corrected chi connectivity index (χ1v) is 7.98. The highest BCUT2D eigenvalue weighted by molar-refractivity contribution is 5.85. The Labute approximate surface area is 126 Å². The van der Waals surface area contributed by atoms with E-state index >= 15 is 0 Å². The summed E-state index contributed by atoms with van der Waals surface area (Å²) < 4.78 is 5.31. The molecule has 0 spiro atoms. The number of hydrogen-bond acceptors (Lipinski definition) is 4. The first-order valence-electron chi connectivity index (χ1n) is 7.98. The minimum Gasteiger partial charge on any atom is -0.379 e. The van der Waals surface area contributed by atoms with Crippen molar-refractivity contribution in [3.05, 3.63) is 0 Å². The zero-order valence-corrected chi connectivity index (χ0v) is 13.0. The van der Waals surface area contributed by atoms with E-state index in [1.807, 2.05) is 7.05 Å². The third-order valence-corrected chi connectivity index (χ3v) is 4.35. The van der Waals surface area contributed by atoms with Gasteiger partial charge in [-0.2, -0.15) is 0 Å². The molecule has 2 heterocycles. The first-order chi connectivity index (χ1) is 10.2. The van der Waals surface area contributed by atoms with Crippen molar-refractivity contribution < 1.29 is 14.3 Å². The summed E-state index contributed by atoms with van der Waals surface area (Å²) in [7, 11) is 1.83. The van der Waals surface area contributed by atoms with Crippen molar-refractivity contribution in [1.29, 1.82) is 0 Å². The lowest BCUT2D eigenvalue weighted by molar-refractivity contribution is -0.135. The van der Waals surface area contributed by atoms with Crippen LogP contribution in [0.15, 0.2) is 0 Å². The lowest BCUT2D eigenvalue weighted by Gasteiger charge is -2.29. The Morgan fingerprint density at radius 2 is 2.14 bits per heavy atom. The number of ether oxygens (including phenoxy) is 1. The summed E-state index contributed by atoms with van der Waals surface area (Å²) in [5.41, 5.74) is 0. The molecule has 0 radical (unpaired) electrons. The molecule has 0 bridgehead atoms. The predicted molar refractivity (Wildman–Crippen MR) is 79.9 cm³/mol. The normalized spacial score (nSPS) is 24.2. The molecule has 2 saturated heterocycles. The number of nitrogens with one attached hydrogen (secondary N) is 1. The molecule has 1 N–H and O–H groups in total. The summed E-state index contributed by atoms with van der Waals surface area (Å²) in [5.74, 6) is -0.0291. The smallest absolute Gasteiger partial charge is 0.223 e. The Morgan fingerprint density at radius 3 is 2.90 bits per heavy atom. The largest absolute Gasteiger partial charge is 0.379 e. The van der Waals surface area contributed by atoms with Crippen LogP contribution in [0, 0.1) is 5.92 Å². The van der Waals surface area contributed by atoms with Gasteiger partial charge in [0.15, 0.2) is 0 Å². The Hall–Kier alpha value is -1.14. The molecule has 21 heavy (non-hydrogen) atoms. The summed E-state index contributed by atoms with van der Waals surface area (Å²) in [4.78, 5) is 28.2. The molecule has 2 aliphatic rings. The van der Waals surface area contributed by atoms with E-state index in [9.17, 15) is 9.59 Å². The molecule has 2 amide bonds. The molecule has 0 aliphatic carbocycles. The lowest BCUT2D eigenvalue weighted by atomic mass is 9.98. The first kappa shape index (κ1) is 16.2. The quantitative estimate of drug-likeness (QED) is 0.781. The summed E-state index contributed by atoms with van der Waals surface area (Å²) in [5, 5.41) is 2.89. The van der Waals surface area contributed by atoms with Crippen molar-refractivity contribution in [1.82, 2.24) is 15.1 Å². The zero-order chi connectivity index (χ0) is 15.1. The Balaban J connectivity index is 1.72. The van der Waals surface area contributed by atoms with Gasteiger partial charge in [-0.25, -0.2) is 0 Å². The molecule has 0 saturated carbocycles. The molecule has 6 heteroatoms. The van der Waals surface area contributed by atoms with Gasteiger partial charge in [-0.3, -0.25) is 14.5 Å². The zero-order valence-electron chi connectivity index (χ0n) is 13.0. The van der Waals surface area contributed by atoms with Gasteiger partial charge in [0.2, 0.25) is 11.8 Å². The van der Waals surface area contributed by atoms with Gasteiger partial charge in [0.25, 0.3) is 0 Å². The maximum absolute atomic E-state index is 12.2. The van der Waals surface area contributed by atoms with Gasteiger partial charge in [-0.15, -0.1) is 0 Å². The number of nitrogens with zero attached hydrogens (tertiary/aromatic N) is 2. The second kappa shape index (κ2) is 8.34. The SMILES string of the molecule is CN(CCN1CCOCC1)C(=O)C[C@@H]1CCCCNC1=O. The average Bonchev–Trinajstić information content (AvgIpc) is 2.71. The average molecular weight is 297 g/mol. The van der Waals surface area contributed by atoms with Gasteiger partial charge in [0, 0.05) is 52.1 Å². The number of hydrogen-bond donors (Lipinski definition) is 1. The van der Waals surface area contributed by atoms with Crippen molar-refractivity contribution in [3.8, 4) is 0 Å². The fourth-order valence-electron chi connectivity index (χ4n) is 2.81. The molecular formula is C15H27N3O3. The van der Waals surface area contributed by atoms with Crippen molar-refractivity contribution in [2.75, 3.05) is 53.0 Å². The van der Waals surface area contributed by atoms with E-state index in [1.165, 1.54) is 0 Å². The lowest BCUT2D eigenvalue weighted by Crippen LogP contribution is -2.42. The minimum atomic E-state index is -0.147. The van der Waals surface area contributed by atoms with E-state index in [-0.39, 0.29) is 17.7 Å². The molecule has 0 aromatic carbocycles. The molecule has 0 aromatic rings. The van der Waals surface area contributed by atoms with Gasteiger partial charge in [-0.1, -0.05) is 6.42 Å². The number of carbonyl (C=O) groups excluding carboxylic acids is 2. The van der Waals surface area contributed by atoms with Crippen molar-refractivity contribution >= 4 is 11.8 Å². The maximum Gasteiger partial charge on any atom is 0.223 e. The molecular weight excluding hydrogens is 270 g/mol. The van der Waals surface area contributed by atoms with Crippen LogP contribution in [0.4, 0.5) is 0 Å². The monoisotopic (exact) mass is 297 g/mol. The topological polar surface area (TPSA) is 61.9 Å². The van der Waals surface area contributed by atoms with Gasteiger partial charge in [-0.05, 0) is 12.8 Å². The van der Waals surface area contributed by atoms with E-state index in [0.29, 0.717) is 13.0 Å². The molecule has 0 unspecified atom stereocenters. The third kappa shape index (κ3) is 5.28. The molecule has 0 aromatic heterocycles. The predicted octanol–water partition coefficient (Wildman–Crippen LogP) is 0.0834. The van der Waals surface area contributed by atoms with Crippen LogP contribution in [0.2, 0.25) is 0 Å². The van der Waals surface area contributed by atoms with Crippen LogP contribution in [0.5, 0.6) is 0 Å². The Kier molecular flexibility index (Phi) is 6.45. The number of rotatable bonds is 5. The fraction of sp³-hybridized carbons (Fsp3) is 0.867. The minimum absolute atomic E-state index is 0.0439. The van der Waals surface area contributed by atoms with Crippen LogP contribution in [0.25, 0.3) is 0 Å². The van der Waals surface area contributed by atoms with Gasteiger partial charge < -0.3 is 15.0 Å². The van der Waals surface area contributed by atoms with Gasteiger partial charge in [0.05, 0.1) is 13.2 Å². The van der Waals surface area contributed by atoms with Crippen molar-refractivity contribution in [3.63, 3.8) is 0 Å². The molecule has 1 atom stereocenters. The highest BCUT2D eigenvalue weighted by Crippen LogP contribution is 2.17. The molecule has 6 nitrogen and oxygen atoms in total. The summed E-state index contributed by atoms with van der Waals surface area (Å²) in [6, 6.07) is 0. The van der Waals surface area contributed by atoms with Crippen molar-refractivity contribution in [2.24, 2.45) is 5.92 Å². The standard InChI is InChI=1S/C15H27N3O3/c1-17(6-7-18-8-10-21-11-9-18)14(19)12-13-4-2-3-5-16-15(13)20/h13H,2-12H2,1H3,(H,16,20)/t13-/m0/s1. The number of likely N-dealkylation sites (N-methyl/N-ethyl adjacent to an activating group) is 1. The van der Waals surface area contributed by atoms with Crippen LogP contribution < -0.4 is 5.32 Å². The summed E-state index contributed by atoms with van der Waals surface area (Å²) in [6.07, 6.45) is 3.21. The van der Waals surface area contributed by atoms with Gasteiger partial charge >= 0.3 is 0 Å². The molecule has 2 aliphatic heterocycles. The van der Waals surface area contributed by atoms with Gasteiger partial charge in [0.1, 0.15) is 0 Å². The highest BCUT2D eigenvalue weighted by atomic mass is 16.5. The van der Waals surface area contributed by atoms with E-state index in [2.05, 4.69) is 10.2 Å². The van der Waals surface area contributed by atoms with Crippen LogP contribution in [0.1, 0.15) is 25.7 Å². The second-order valence-electron chi connectivity index (χ2n) is 5.96. The van der Waals surface area contributed by atoms with E-state index in [4.69, 9.17) is 4.74 Å². The summed E-state index contributed by atoms with van der Waals surface area (Å²) in [6.45, 7) is 5.77. The molecule has 2 rings (SSSR count). The number of amides is 2. The van der Waals surface area contributed by atoms with E-state index < -0.39 is 0 Å². The van der Waals surface area contributed by atoms with Crippen LogP contribution >= 0.6 is 0 Å². The Morgan fingerprint density at radius 1 is 1.38 bits per heavy atom. The molecule has 120 valence electrons. The van der Waals surface area contributed by atoms with Crippen LogP contribution in [-0.2, 0) is 14.3 Å². The highest BCUT2D eigenvalue weighted by Gasteiger charge is 2.25. The fourth-order valence-corrected chi connectivity index (χ4v) is 2.81. The van der Waals surface area contributed by atoms with Crippen LogP contribution in [0.3, 0.4) is 0 Å². The maximum atomic E-state index is 12.2. The third-order valence-electron chi connectivity index (χ3n) is 4.35. The number of carbonyl (C=O) groups is 2. The second-order valence-corrected chi connectivity index (χ2v) is 5.96. The van der Waals surface area contributed by atoms with Crippen LogP contribution in [-0.4, -0.2) is 74.6 Å². The molecule has 2 fully saturated rings. The number of morpholine rings is 1. The van der Waals surface area contributed by atoms with E-state index in [0.717, 1.165) is 58.7 Å². The summed E-state index contributed by atoms with van der Waals surface area (Å²) >= 11 is 0. The van der Waals surface area contributed by atoms with Crippen molar-refractivity contribution in [2.45, 2.75) is 25.7 Å². The van der Waals surface area contributed by atoms with E-state index in [1.54, 1.807) is 4.90 Å². The Bertz CT molecular complexity index is 356.